The van der Waals surface area contributed by atoms with Gasteiger partial charge >= 0.3 is 0 Å². The Balaban J connectivity index is 1.58. The molecule has 0 unspecified atom stereocenters. The number of amides is 1. The number of hydrogen-bond acceptors (Lipinski definition) is 3. The molecule has 1 aromatic heterocycles. The summed E-state index contributed by atoms with van der Waals surface area (Å²) < 4.78 is 5.93. The molecule has 0 aliphatic rings. The van der Waals surface area contributed by atoms with Crippen LogP contribution in [0.1, 0.15) is 26.7 Å². The third kappa shape index (κ3) is 4.20. The van der Waals surface area contributed by atoms with E-state index in [4.69, 9.17) is 4.74 Å². The van der Waals surface area contributed by atoms with Gasteiger partial charge in [-0.15, -0.1) is 0 Å². The smallest absolute Gasteiger partial charge is 0.227 e. The second kappa shape index (κ2) is 8.48. The number of benzene rings is 2. The molecular formula is C22H24N2O2. The van der Waals surface area contributed by atoms with Crippen LogP contribution in [0.3, 0.4) is 0 Å². The lowest BCUT2D eigenvalue weighted by molar-refractivity contribution is -0.119. The van der Waals surface area contributed by atoms with Crippen molar-refractivity contribution in [1.82, 2.24) is 4.98 Å². The molecule has 0 atom stereocenters. The van der Waals surface area contributed by atoms with Crippen LogP contribution in [0.4, 0.5) is 5.69 Å². The lowest BCUT2D eigenvalue weighted by Crippen LogP contribution is -2.37. The Morgan fingerprint density at radius 3 is 2.65 bits per heavy atom. The molecule has 0 N–H and O–H groups in total. The van der Waals surface area contributed by atoms with Crippen LogP contribution < -0.4 is 9.64 Å². The highest BCUT2D eigenvalue weighted by Crippen LogP contribution is 2.25. The van der Waals surface area contributed by atoms with Crippen molar-refractivity contribution in [3.63, 3.8) is 0 Å². The zero-order chi connectivity index (χ0) is 18.4. The number of aromatic nitrogens is 1. The van der Waals surface area contributed by atoms with Crippen LogP contribution in [-0.4, -0.2) is 23.5 Å². The summed E-state index contributed by atoms with van der Waals surface area (Å²) in [7, 11) is 0. The number of ether oxygens (including phenoxy) is 1. The van der Waals surface area contributed by atoms with Crippen LogP contribution in [0, 0.1) is 0 Å². The predicted molar refractivity (Wildman–Crippen MR) is 106 cm³/mol. The van der Waals surface area contributed by atoms with Crippen LogP contribution in [0.15, 0.2) is 67.0 Å². The van der Waals surface area contributed by atoms with E-state index in [1.54, 1.807) is 17.3 Å². The summed E-state index contributed by atoms with van der Waals surface area (Å²) in [6.45, 7) is 4.54. The van der Waals surface area contributed by atoms with E-state index in [1.807, 2.05) is 50.2 Å². The summed E-state index contributed by atoms with van der Waals surface area (Å²) in [4.78, 5) is 18.6. The van der Waals surface area contributed by atoms with E-state index in [1.165, 1.54) is 0 Å². The highest BCUT2D eigenvalue weighted by Gasteiger charge is 2.18. The molecule has 134 valence electrons. The van der Waals surface area contributed by atoms with Crippen molar-refractivity contribution in [3.8, 4) is 5.75 Å². The van der Waals surface area contributed by atoms with Crippen molar-refractivity contribution in [2.45, 2.75) is 32.7 Å². The summed E-state index contributed by atoms with van der Waals surface area (Å²) in [5.41, 5.74) is 0.836. The summed E-state index contributed by atoms with van der Waals surface area (Å²) >= 11 is 0. The van der Waals surface area contributed by atoms with Gasteiger partial charge in [0.2, 0.25) is 5.91 Å². The highest BCUT2D eigenvalue weighted by atomic mass is 16.5. The first-order valence-corrected chi connectivity index (χ1v) is 8.99. The number of pyridine rings is 1. The van der Waals surface area contributed by atoms with Crippen LogP contribution in [0.2, 0.25) is 0 Å². The van der Waals surface area contributed by atoms with Gasteiger partial charge in [0.25, 0.3) is 0 Å². The first kappa shape index (κ1) is 17.9. The molecule has 0 bridgehead atoms. The molecule has 2 aromatic carbocycles. The molecule has 0 saturated heterocycles. The lowest BCUT2D eigenvalue weighted by Gasteiger charge is -2.26. The van der Waals surface area contributed by atoms with E-state index in [-0.39, 0.29) is 11.9 Å². The Hall–Kier alpha value is -2.88. The monoisotopic (exact) mass is 348 g/mol. The molecule has 0 fully saturated rings. The van der Waals surface area contributed by atoms with Gasteiger partial charge < -0.3 is 9.64 Å². The molecule has 4 nitrogen and oxygen atoms in total. The molecular weight excluding hydrogens is 324 g/mol. The molecule has 0 aliphatic heterocycles. The Bertz CT molecular complexity index is 857. The van der Waals surface area contributed by atoms with E-state index < -0.39 is 0 Å². The zero-order valence-corrected chi connectivity index (χ0v) is 15.3. The number of fused-ring (bicyclic) bond motifs is 1. The summed E-state index contributed by atoms with van der Waals surface area (Å²) in [5.74, 6) is 0.957. The van der Waals surface area contributed by atoms with Crippen LogP contribution in [-0.2, 0) is 4.79 Å². The largest absolute Gasteiger partial charge is 0.493 e. The SMILES string of the molecule is CC(C)N(C(=O)CCCOc1cccc2ccccc12)c1cccnc1. The van der Waals surface area contributed by atoms with Crippen molar-refractivity contribution in [1.29, 1.82) is 0 Å². The normalized spacial score (nSPS) is 10.9. The molecule has 0 spiro atoms. The van der Waals surface area contributed by atoms with Gasteiger partial charge in [-0.25, -0.2) is 0 Å². The lowest BCUT2D eigenvalue weighted by atomic mass is 10.1. The Labute approximate surface area is 154 Å². The fourth-order valence-corrected chi connectivity index (χ4v) is 3.07. The quantitative estimate of drug-likeness (QED) is 0.574. The predicted octanol–water partition coefficient (Wildman–Crippen LogP) is 4.84. The molecule has 1 amide bonds. The summed E-state index contributed by atoms with van der Waals surface area (Å²) in [5, 5.41) is 2.25. The average molecular weight is 348 g/mol. The van der Waals surface area contributed by atoms with E-state index >= 15 is 0 Å². The maximum absolute atomic E-state index is 12.7. The Kier molecular flexibility index (Phi) is 5.84. The number of anilines is 1. The fourth-order valence-electron chi connectivity index (χ4n) is 3.07. The van der Waals surface area contributed by atoms with Crippen LogP contribution in [0.25, 0.3) is 10.8 Å². The first-order valence-electron chi connectivity index (χ1n) is 8.99. The molecule has 4 heteroatoms. The number of carbonyl (C=O) groups excluding carboxylic acids is 1. The van der Waals surface area contributed by atoms with E-state index in [0.717, 1.165) is 22.2 Å². The van der Waals surface area contributed by atoms with Crippen molar-refractivity contribution in [2.24, 2.45) is 0 Å². The molecule has 0 radical (unpaired) electrons. The Morgan fingerprint density at radius 1 is 1.08 bits per heavy atom. The second-order valence-corrected chi connectivity index (χ2v) is 6.50. The number of carbonyl (C=O) groups is 1. The number of nitrogens with zero attached hydrogens (tertiary/aromatic N) is 2. The van der Waals surface area contributed by atoms with Gasteiger partial charge in [0.15, 0.2) is 0 Å². The molecule has 26 heavy (non-hydrogen) atoms. The Morgan fingerprint density at radius 2 is 1.88 bits per heavy atom. The maximum atomic E-state index is 12.7. The molecule has 3 aromatic rings. The van der Waals surface area contributed by atoms with Crippen molar-refractivity contribution in [3.05, 3.63) is 67.0 Å². The average Bonchev–Trinajstić information content (AvgIpc) is 2.66. The highest BCUT2D eigenvalue weighted by molar-refractivity contribution is 5.93. The van der Waals surface area contributed by atoms with Gasteiger partial charge in [-0.3, -0.25) is 9.78 Å². The van der Waals surface area contributed by atoms with Gasteiger partial charge in [0.1, 0.15) is 5.75 Å². The summed E-state index contributed by atoms with van der Waals surface area (Å²) in [6, 6.07) is 18.0. The van der Waals surface area contributed by atoms with E-state index in [9.17, 15) is 4.79 Å². The van der Waals surface area contributed by atoms with Gasteiger partial charge in [0, 0.05) is 24.0 Å². The minimum Gasteiger partial charge on any atom is -0.493 e. The van der Waals surface area contributed by atoms with Gasteiger partial charge in [-0.05, 0) is 43.9 Å². The van der Waals surface area contributed by atoms with Gasteiger partial charge in [-0.1, -0.05) is 36.4 Å². The van der Waals surface area contributed by atoms with Gasteiger partial charge in [0.05, 0.1) is 18.5 Å². The fraction of sp³-hybridized carbons (Fsp3) is 0.273. The van der Waals surface area contributed by atoms with Crippen molar-refractivity contribution in [2.75, 3.05) is 11.5 Å². The molecule has 1 heterocycles. The van der Waals surface area contributed by atoms with Crippen molar-refractivity contribution >= 4 is 22.4 Å². The standard InChI is InChI=1S/C22H24N2O2/c1-17(2)24(19-10-6-14-23-16-19)22(25)13-7-15-26-21-12-5-9-18-8-3-4-11-20(18)21/h3-6,8-12,14,16-17H,7,13,15H2,1-2H3. The minimum atomic E-state index is 0.0886. The zero-order valence-electron chi connectivity index (χ0n) is 15.3. The van der Waals surface area contributed by atoms with E-state index in [0.29, 0.717) is 19.4 Å². The number of hydrogen-bond donors (Lipinski definition) is 0. The minimum absolute atomic E-state index is 0.0886. The second-order valence-electron chi connectivity index (χ2n) is 6.50. The molecule has 0 aliphatic carbocycles. The maximum Gasteiger partial charge on any atom is 0.227 e. The van der Waals surface area contributed by atoms with Gasteiger partial charge in [-0.2, -0.15) is 0 Å². The third-order valence-electron chi connectivity index (χ3n) is 4.25. The summed E-state index contributed by atoms with van der Waals surface area (Å²) in [6.07, 6.45) is 4.55. The molecule has 0 saturated carbocycles. The first-order chi connectivity index (χ1) is 12.7. The van der Waals surface area contributed by atoms with Crippen molar-refractivity contribution < 1.29 is 9.53 Å². The van der Waals surface area contributed by atoms with Crippen LogP contribution >= 0.6 is 0 Å². The topological polar surface area (TPSA) is 42.4 Å². The van der Waals surface area contributed by atoms with E-state index in [2.05, 4.69) is 23.2 Å². The third-order valence-corrected chi connectivity index (χ3v) is 4.25. The molecule has 3 rings (SSSR count). The van der Waals surface area contributed by atoms with Crippen LogP contribution in [0.5, 0.6) is 5.75 Å². The number of rotatable bonds is 7.